The average molecular weight is 133 g/mol. The number of carboxylic acids is 1. The topological polar surface area (TPSA) is 101 Å². The second-order valence-electron chi connectivity index (χ2n) is 1.63. The first-order chi connectivity index (χ1) is 3.89. The molecule has 0 aliphatic rings. The lowest BCUT2D eigenvalue weighted by Crippen LogP contribution is -2.53. The molecule has 0 saturated carbocycles. The molecule has 52 valence electrons. The zero-order valence-corrected chi connectivity index (χ0v) is 4.79. The molecular formula is C4H7NO4. The number of Topliss-reactive ketones (excluding diaryl/α,β-unsaturated/α-hetero) is 1. The molecule has 5 nitrogen and oxygen atoms in total. The van der Waals surface area contributed by atoms with E-state index in [4.69, 9.17) is 10.2 Å². The van der Waals surface area contributed by atoms with Crippen LogP contribution < -0.4 is 5.73 Å². The van der Waals surface area contributed by atoms with E-state index in [1.165, 1.54) is 0 Å². The highest BCUT2D eigenvalue weighted by molar-refractivity contribution is 6.04. The molecule has 0 rings (SSSR count). The predicted octanol–water partition coefficient (Wildman–Crippen LogP) is -1.69. The van der Waals surface area contributed by atoms with Crippen molar-refractivity contribution in [2.24, 2.45) is 5.73 Å². The Kier molecular flexibility index (Phi) is 1.90. The summed E-state index contributed by atoms with van der Waals surface area (Å²) in [6.45, 7) is 0.897. The molecule has 0 aromatic rings. The molecule has 9 heavy (non-hydrogen) atoms. The molecule has 0 saturated heterocycles. The number of carbonyl (C=O) groups excluding carboxylic acids is 1. The molecule has 5 heteroatoms. The number of hydrogen-bond donors (Lipinski definition) is 3. The minimum Gasteiger partial charge on any atom is -0.478 e. The lowest BCUT2D eigenvalue weighted by atomic mass is 10.2. The van der Waals surface area contributed by atoms with Crippen molar-refractivity contribution < 1.29 is 19.8 Å². The van der Waals surface area contributed by atoms with Crippen LogP contribution in [0, 0.1) is 0 Å². The third-order valence-electron chi connectivity index (χ3n) is 0.863. The third kappa shape index (κ3) is 1.48. The minimum absolute atomic E-state index is 0.897. The van der Waals surface area contributed by atoms with E-state index in [0.717, 1.165) is 6.92 Å². The van der Waals surface area contributed by atoms with Crippen LogP contribution in [-0.2, 0) is 9.59 Å². The van der Waals surface area contributed by atoms with Crippen molar-refractivity contribution in [2.75, 3.05) is 0 Å². The first-order valence-electron chi connectivity index (χ1n) is 2.14. The number of hydrogen-bond acceptors (Lipinski definition) is 4. The van der Waals surface area contributed by atoms with Crippen LogP contribution in [0.5, 0.6) is 0 Å². The molecule has 0 heterocycles. The van der Waals surface area contributed by atoms with Gasteiger partial charge in [-0.2, -0.15) is 0 Å². The summed E-state index contributed by atoms with van der Waals surface area (Å²) in [7, 11) is 0. The second kappa shape index (κ2) is 2.12. The van der Waals surface area contributed by atoms with Crippen LogP contribution in [-0.4, -0.2) is 27.7 Å². The third-order valence-corrected chi connectivity index (χ3v) is 0.863. The van der Waals surface area contributed by atoms with E-state index >= 15 is 0 Å². The van der Waals surface area contributed by atoms with Crippen LogP contribution in [0.4, 0.5) is 0 Å². The number of nitrogens with two attached hydrogens (primary N) is 1. The van der Waals surface area contributed by atoms with E-state index in [2.05, 4.69) is 5.73 Å². The maximum absolute atomic E-state index is 10.2. The average Bonchev–Trinajstić information content (AvgIpc) is 1.65. The molecule has 0 bridgehead atoms. The van der Waals surface area contributed by atoms with Gasteiger partial charge in [0.15, 0.2) is 5.78 Å². The lowest BCUT2D eigenvalue weighted by molar-refractivity contribution is -0.163. The fraction of sp³-hybridized carbons (Fsp3) is 0.500. The molecule has 0 fully saturated rings. The number of ketones is 1. The summed E-state index contributed by atoms with van der Waals surface area (Å²) in [5.74, 6) is -2.73. The van der Waals surface area contributed by atoms with Crippen molar-refractivity contribution in [3.63, 3.8) is 0 Å². The maximum Gasteiger partial charge on any atom is 0.359 e. The fourth-order valence-corrected chi connectivity index (χ4v) is 0.151. The van der Waals surface area contributed by atoms with Gasteiger partial charge < -0.3 is 10.2 Å². The smallest absolute Gasteiger partial charge is 0.359 e. The van der Waals surface area contributed by atoms with E-state index in [1.54, 1.807) is 0 Å². The monoisotopic (exact) mass is 133 g/mol. The summed E-state index contributed by atoms with van der Waals surface area (Å²) in [5.41, 5.74) is 1.89. The van der Waals surface area contributed by atoms with Gasteiger partial charge in [0, 0.05) is 0 Å². The highest BCUT2D eigenvalue weighted by atomic mass is 16.4. The Balaban J connectivity index is 4.38. The molecule has 1 atom stereocenters. The Morgan fingerprint density at radius 2 is 1.89 bits per heavy atom. The molecule has 0 amide bonds. The molecule has 0 spiro atoms. The van der Waals surface area contributed by atoms with E-state index < -0.39 is 17.5 Å². The molecule has 0 radical (unpaired) electrons. The number of carbonyl (C=O) groups is 2. The summed E-state index contributed by atoms with van der Waals surface area (Å²) in [6.07, 6.45) is 0. The van der Waals surface area contributed by atoms with Crippen molar-refractivity contribution in [1.29, 1.82) is 0 Å². The summed E-state index contributed by atoms with van der Waals surface area (Å²) in [5, 5.41) is 16.5. The molecule has 0 aromatic heterocycles. The SMILES string of the molecule is CC(=O)C(N)(O)C(=O)O. The first-order valence-corrected chi connectivity index (χ1v) is 2.14. The van der Waals surface area contributed by atoms with Gasteiger partial charge in [0.2, 0.25) is 0 Å². The van der Waals surface area contributed by atoms with Crippen LogP contribution in [0.1, 0.15) is 6.92 Å². The number of carboxylic acid groups (broad SMARTS) is 1. The Morgan fingerprint density at radius 1 is 1.56 bits per heavy atom. The van der Waals surface area contributed by atoms with Crippen molar-refractivity contribution in [2.45, 2.75) is 12.6 Å². The Morgan fingerprint density at radius 3 is 1.89 bits per heavy atom. The lowest BCUT2D eigenvalue weighted by Gasteiger charge is -2.11. The van der Waals surface area contributed by atoms with Crippen LogP contribution in [0.15, 0.2) is 0 Å². The minimum atomic E-state index is -2.72. The zero-order chi connectivity index (χ0) is 7.65. The second-order valence-corrected chi connectivity index (χ2v) is 1.63. The van der Waals surface area contributed by atoms with Crippen molar-refractivity contribution in [1.82, 2.24) is 0 Å². The summed E-state index contributed by atoms with van der Waals surface area (Å²) in [4.78, 5) is 20.0. The van der Waals surface area contributed by atoms with Crippen LogP contribution in [0.2, 0.25) is 0 Å². The zero-order valence-electron chi connectivity index (χ0n) is 4.79. The van der Waals surface area contributed by atoms with Gasteiger partial charge in [-0.1, -0.05) is 0 Å². The normalized spacial score (nSPS) is 16.3. The van der Waals surface area contributed by atoms with Crippen LogP contribution in [0.25, 0.3) is 0 Å². The molecule has 0 aliphatic carbocycles. The predicted molar refractivity (Wildman–Crippen MR) is 27.5 cm³/mol. The van der Waals surface area contributed by atoms with Gasteiger partial charge in [0.1, 0.15) is 0 Å². The van der Waals surface area contributed by atoms with Crippen molar-refractivity contribution in [3.05, 3.63) is 0 Å². The highest BCUT2D eigenvalue weighted by Crippen LogP contribution is 1.94. The number of aliphatic carboxylic acids is 1. The highest BCUT2D eigenvalue weighted by Gasteiger charge is 2.36. The van der Waals surface area contributed by atoms with Gasteiger partial charge >= 0.3 is 5.97 Å². The molecule has 0 aliphatic heterocycles. The van der Waals surface area contributed by atoms with Gasteiger partial charge in [0.05, 0.1) is 0 Å². The number of aliphatic hydroxyl groups is 1. The largest absolute Gasteiger partial charge is 0.478 e. The standard InChI is InChI=1S/C4H7NO4/c1-2(6)4(5,9)3(7)8/h9H,5H2,1H3,(H,7,8). The molecule has 0 aromatic carbocycles. The van der Waals surface area contributed by atoms with E-state index in [-0.39, 0.29) is 0 Å². The maximum atomic E-state index is 10.2. The summed E-state index contributed by atoms with van der Waals surface area (Å²) in [6, 6.07) is 0. The summed E-state index contributed by atoms with van der Waals surface area (Å²) < 4.78 is 0. The molecular weight excluding hydrogens is 126 g/mol. The van der Waals surface area contributed by atoms with Crippen molar-refractivity contribution >= 4 is 11.8 Å². The van der Waals surface area contributed by atoms with Gasteiger partial charge in [-0.05, 0) is 6.92 Å². The Hall–Kier alpha value is -0.940. The first kappa shape index (κ1) is 8.06. The van der Waals surface area contributed by atoms with Crippen LogP contribution in [0.3, 0.4) is 0 Å². The molecule has 4 N–H and O–H groups in total. The van der Waals surface area contributed by atoms with E-state index in [0.29, 0.717) is 0 Å². The van der Waals surface area contributed by atoms with E-state index in [9.17, 15) is 9.59 Å². The number of rotatable bonds is 2. The van der Waals surface area contributed by atoms with Gasteiger partial charge in [-0.15, -0.1) is 0 Å². The van der Waals surface area contributed by atoms with Gasteiger partial charge in [-0.25, -0.2) is 4.79 Å². The van der Waals surface area contributed by atoms with Crippen molar-refractivity contribution in [3.8, 4) is 0 Å². The quantitative estimate of drug-likeness (QED) is 0.308. The Labute approximate surface area is 51.1 Å². The summed E-state index contributed by atoms with van der Waals surface area (Å²) >= 11 is 0. The Bertz CT molecular complexity index is 135. The van der Waals surface area contributed by atoms with Crippen LogP contribution >= 0.6 is 0 Å². The molecule has 1 unspecified atom stereocenters. The van der Waals surface area contributed by atoms with Gasteiger partial charge in [-0.3, -0.25) is 10.5 Å². The fourth-order valence-electron chi connectivity index (χ4n) is 0.151. The van der Waals surface area contributed by atoms with Gasteiger partial charge in [0.25, 0.3) is 5.72 Å². The van der Waals surface area contributed by atoms with E-state index in [1.807, 2.05) is 0 Å².